The maximum atomic E-state index is 11.6. The Morgan fingerprint density at radius 3 is 2.75 bits per heavy atom. The van der Waals surface area contributed by atoms with Crippen molar-refractivity contribution in [3.63, 3.8) is 0 Å². The van der Waals surface area contributed by atoms with Gasteiger partial charge in [-0.3, -0.25) is 0 Å². The molecule has 0 unspecified atom stereocenters. The van der Waals surface area contributed by atoms with Crippen molar-refractivity contribution in [2.75, 3.05) is 6.54 Å². The number of carboxylic acids is 1. The average molecular weight is 245 g/mol. The number of furan rings is 1. The van der Waals surface area contributed by atoms with Gasteiger partial charge in [-0.05, 0) is 6.92 Å². The monoisotopic (exact) mass is 245 g/mol. The van der Waals surface area contributed by atoms with Crippen LogP contribution in [0.4, 0.5) is 0 Å². The summed E-state index contributed by atoms with van der Waals surface area (Å²) in [6, 6.07) is 0.975. The summed E-state index contributed by atoms with van der Waals surface area (Å²) in [5, 5.41) is 8.64. The van der Waals surface area contributed by atoms with Crippen molar-refractivity contribution in [2.24, 2.45) is 0 Å². The van der Waals surface area contributed by atoms with Crippen molar-refractivity contribution >= 4 is 16.0 Å². The highest BCUT2D eigenvalue weighted by Crippen LogP contribution is 2.19. The van der Waals surface area contributed by atoms with Gasteiger partial charge in [-0.2, -0.15) is 0 Å². The van der Waals surface area contributed by atoms with E-state index in [1.165, 1.54) is 13.0 Å². The van der Waals surface area contributed by atoms with E-state index in [0.29, 0.717) is 0 Å². The summed E-state index contributed by atoms with van der Waals surface area (Å²) in [6.45, 7) is 4.82. The van der Waals surface area contributed by atoms with Crippen LogP contribution in [0.15, 0.2) is 28.0 Å². The zero-order chi connectivity index (χ0) is 12.3. The minimum Gasteiger partial charge on any atom is -0.475 e. The quantitative estimate of drug-likeness (QED) is 0.746. The predicted molar refractivity (Wildman–Crippen MR) is 55.8 cm³/mol. The fourth-order valence-corrected chi connectivity index (χ4v) is 2.26. The van der Waals surface area contributed by atoms with Crippen LogP contribution in [-0.4, -0.2) is 26.0 Å². The molecular weight excluding hydrogens is 234 g/mol. The normalized spacial score (nSPS) is 11.3. The van der Waals surface area contributed by atoms with E-state index in [4.69, 9.17) is 9.52 Å². The summed E-state index contributed by atoms with van der Waals surface area (Å²) in [7, 11) is -3.74. The Labute approximate surface area is 92.6 Å². The third-order valence-corrected chi connectivity index (χ3v) is 3.32. The zero-order valence-electron chi connectivity index (χ0n) is 8.56. The van der Waals surface area contributed by atoms with Gasteiger partial charge in [0.2, 0.25) is 15.8 Å². The second-order valence-electron chi connectivity index (χ2n) is 2.98. The molecule has 0 aliphatic carbocycles. The maximum Gasteiger partial charge on any atom is 0.371 e. The van der Waals surface area contributed by atoms with E-state index >= 15 is 0 Å². The van der Waals surface area contributed by atoms with Crippen LogP contribution >= 0.6 is 0 Å². The van der Waals surface area contributed by atoms with Gasteiger partial charge in [-0.15, -0.1) is 6.58 Å². The Kier molecular flexibility index (Phi) is 3.51. The minimum atomic E-state index is -3.74. The van der Waals surface area contributed by atoms with Gasteiger partial charge in [0.25, 0.3) is 0 Å². The molecule has 0 atom stereocenters. The molecule has 88 valence electrons. The molecule has 0 aliphatic heterocycles. The molecule has 0 saturated heterocycles. The number of aromatic carboxylic acids is 1. The zero-order valence-corrected chi connectivity index (χ0v) is 9.37. The summed E-state index contributed by atoms with van der Waals surface area (Å²) in [5.41, 5.74) is 0. The molecule has 16 heavy (non-hydrogen) atoms. The van der Waals surface area contributed by atoms with Gasteiger partial charge in [-0.25, -0.2) is 17.9 Å². The first kappa shape index (κ1) is 12.5. The molecule has 0 bridgehead atoms. The van der Waals surface area contributed by atoms with Crippen molar-refractivity contribution in [2.45, 2.75) is 11.8 Å². The summed E-state index contributed by atoms with van der Waals surface area (Å²) in [4.78, 5) is 10.4. The first-order chi connectivity index (χ1) is 7.38. The largest absolute Gasteiger partial charge is 0.475 e. The third-order valence-electron chi connectivity index (χ3n) is 1.79. The second kappa shape index (κ2) is 4.50. The highest BCUT2D eigenvalue weighted by Gasteiger charge is 2.22. The van der Waals surface area contributed by atoms with Crippen LogP contribution in [0.2, 0.25) is 0 Å². The van der Waals surface area contributed by atoms with Crippen LogP contribution in [0, 0.1) is 6.92 Å². The average Bonchev–Trinajstić information content (AvgIpc) is 2.58. The van der Waals surface area contributed by atoms with E-state index < -0.39 is 21.8 Å². The molecule has 2 N–H and O–H groups in total. The smallest absolute Gasteiger partial charge is 0.371 e. The molecule has 0 radical (unpaired) electrons. The molecule has 0 amide bonds. The van der Waals surface area contributed by atoms with Gasteiger partial charge >= 0.3 is 5.97 Å². The number of sulfonamides is 1. The number of carboxylic acid groups (broad SMARTS) is 1. The number of aryl methyl sites for hydroxylation is 1. The van der Waals surface area contributed by atoms with Gasteiger partial charge in [-0.1, -0.05) is 6.08 Å². The standard InChI is InChI=1S/C9H11NO5S/c1-3-4-10-16(13,14)8-5-7(9(11)12)15-6(8)2/h3,5,10H,1,4H2,2H3,(H,11,12). The van der Waals surface area contributed by atoms with E-state index in [2.05, 4.69) is 11.3 Å². The van der Waals surface area contributed by atoms with Gasteiger partial charge in [0, 0.05) is 12.6 Å². The van der Waals surface area contributed by atoms with Crippen LogP contribution in [0.5, 0.6) is 0 Å². The first-order valence-corrected chi connectivity index (χ1v) is 5.81. The Balaban J connectivity index is 3.13. The number of carbonyl (C=O) groups is 1. The molecule has 0 aromatic carbocycles. The number of hydrogen-bond acceptors (Lipinski definition) is 4. The van der Waals surface area contributed by atoms with E-state index in [9.17, 15) is 13.2 Å². The molecular formula is C9H11NO5S. The van der Waals surface area contributed by atoms with Gasteiger partial charge < -0.3 is 9.52 Å². The van der Waals surface area contributed by atoms with Crippen molar-refractivity contribution in [1.29, 1.82) is 0 Å². The van der Waals surface area contributed by atoms with Gasteiger partial charge in [0.05, 0.1) is 0 Å². The fraction of sp³-hybridized carbons (Fsp3) is 0.222. The number of nitrogens with one attached hydrogen (secondary N) is 1. The lowest BCUT2D eigenvalue weighted by atomic mass is 10.4. The molecule has 1 rings (SSSR count). The highest BCUT2D eigenvalue weighted by molar-refractivity contribution is 7.89. The SMILES string of the molecule is C=CCNS(=O)(=O)c1cc(C(=O)O)oc1C. The van der Waals surface area contributed by atoms with E-state index in [-0.39, 0.29) is 17.2 Å². The van der Waals surface area contributed by atoms with Gasteiger partial charge in [0.1, 0.15) is 10.7 Å². The lowest BCUT2D eigenvalue weighted by molar-refractivity contribution is 0.0661. The van der Waals surface area contributed by atoms with Crippen molar-refractivity contribution in [3.8, 4) is 0 Å². The Hall–Kier alpha value is -1.60. The number of hydrogen-bond donors (Lipinski definition) is 2. The lowest BCUT2D eigenvalue weighted by Gasteiger charge is -2.01. The lowest BCUT2D eigenvalue weighted by Crippen LogP contribution is -2.23. The van der Waals surface area contributed by atoms with Crippen LogP contribution in [0.3, 0.4) is 0 Å². The van der Waals surface area contributed by atoms with Crippen LogP contribution < -0.4 is 4.72 Å². The minimum absolute atomic E-state index is 0.0361. The summed E-state index contributed by atoms with van der Waals surface area (Å²) in [6.07, 6.45) is 1.38. The Bertz CT molecular complexity index is 514. The summed E-state index contributed by atoms with van der Waals surface area (Å²) in [5.74, 6) is -1.68. The predicted octanol–water partition coefficient (Wildman–Crippen LogP) is 0.751. The Morgan fingerprint density at radius 2 is 2.31 bits per heavy atom. The van der Waals surface area contributed by atoms with Gasteiger partial charge in [0.15, 0.2) is 0 Å². The maximum absolute atomic E-state index is 11.6. The van der Waals surface area contributed by atoms with E-state index in [1.54, 1.807) is 0 Å². The van der Waals surface area contributed by atoms with E-state index in [1.807, 2.05) is 0 Å². The fourth-order valence-electron chi connectivity index (χ4n) is 1.08. The summed E-state index contributed by atoms with van der Waals surface area (Å²) >= 11 is 0. The second-order valence-corrected chi connectivity index (χ2v) is 4.71. The van der Waals surface area contributed by atoms with Crippen molar-refractivity contribution in [1.82, 2.24) is 4.72 Å². The Morgan fingerprint density at radius 1 is 1.69 bits per heavy atom. The molecule has 1 aromatic rings. The summed E-state index contributed by atoms with van der Waals surface area (Å²) < 4.78 is 30.3. The molecule has 0 fully saturated rings. The van der Waals surface area contributed by atoms with Crippen LogP contribution in [-0.2, 0) is 10.0 Å². The highest BCUT2D eigenvalue weighted by atomic mass is 32.2. The number of rotatable bonds is 5. The molecule has 0 saturated carbocycles. The molecule has 1 heterocycles. The molecule has 7 heteroatoms. The van der Waals surface area contributed by atoms with Crippen molar-refractivity contribution < 1.29 is 22.7 Å². The van der Waals surface area contributed by atoms with Crippen LogP contribution in [0.1, 0.15) is 16.3 Å². The molecule has 0 spiro atoms. The van der Waals surface area contributed by atoms with E-state index in [0.717, 1.165) is 6.07 Å². The molecule has 6 nitrogen and oxygen atoms in total. The van der Waals surface area contributed by atoms with Crippen LogP contribution in [0.25, 0.3) is 0 Å². The molecule has 0 aliphatic rings. The third kappa shape index (κ3) is 2.50. The molecule has 1 aromatic heterocycles. The first-order valence-electron chi connectivity index (χ1n) is 4.32. The van der Waals surface area contributed by atoms with Crippen molar-refractivity contribution in [3.05, 3.63) is 30.2 Å². The topological polar surface area (TPSA) is 96.6 Å².